The SMILES string of the molecule is COCC(COC)(OC[C@H]1O[C@@H](n2ncc3c(N[C@@H]4CCc5ccccc54)nc(Cl)nc32)[C@H](O)[C@@H]1O)P(=O)(O)O. The normalized spacial score (nSPS) is 25.0. The number of halogens is 1. The molecule has 0 unspecified atom stereocenters. The van der Waals surface area contributed by atoms with Crippen LogP contribution in [0.15, 0.2) is 30.5 Å². The summed E-state index contributed by atoms with van der Waals surface area (Å²) < 4.78 is 34.9. The predicted octanol–water partition coefficient (Wildman–Crippen LogP) is 1.38. The van der Waals surface area contributed by atoms with Crippen LogP contribution in [0, 0.1) is 0 Å². The van der Waals surface area contributed by atoms with Gasteiger partial charge in [-0.25, -0.2) is 4.68 Å². The van der Waals surface area contributed by atoms with Gasteiger partial charge in [0.15, 0.2) is 11.9 Å². The molecule has 14 nitrogen and oxygen atoms in total. The minimum Gasteiger partial charge on any atom is -0.387 e. The van der Waals surface area contributed by atoms with E-state index in [0.29, 0.717) is 11.2 Å². The third kappa shape index (κ3) is 5.37. The molecule has 0 bridgehead atoms. The fourth-order valence-electron chi connectivity index (χ4n) is 5.20. The van der Waals surface area contributed by atoms with Gasteiger partial charge in [0, 0.05) is 14.2 Å². The Kier molecular flexibility index (Phi) is 8.47. The average Bonchev–Trinajstić information content (AvgIpc) is 3.59. The molecule has 1 aromatic carbocycles. The molecule has 0 saturated carbocycles. The van der Waals surface area contributed by atoms with Gasteiger partial charge in [-0.1, -0.05) is 24.3 Å². The molecule has 1 saturated heterocycles. The van der Waals surface area contributed by atoms with Crippen molar-refractivity contribution in [1.82, 2.24) is 19.7 Å². The number of aryl methyl sites for hydroxylation is 1. The number of benzene rings is 1. The lowest BCUT2D eigenvalue weighted by Crippen LogP contribution is -2.45. The highest BCUT2D eigenvalue weighted by molar-refractivity contribution is 7.53. The summed E-state index contributed by atoms with van der Waals surface area (Å²) in [5.74, 6) is 0.460. The van der Waals surface area contributed by atoms with Gasteiger partial charge in [0.25, 0.3) is 0 Å². The Morgan fingerprint density at radius 1 is 1.18 bits per heavy atom. The average molecular weight is 600 g/mol. The van der Waals surface area contributed by atoms with Gasteiger partial charge in [-0.2, -0.15) is 15.1 Å². The molecule has 2 aliphatic rings. The molecule has 1 aliphatic heterocycles. The molecule has 1 aliphatic carbocycles. The van der Waals surface area contributed by atoms with Crippen molar-refractivity contribution >= 4 is 36.0 Å². The smallest absolute Gasteiger partial charge is 0.361 e. The summed E-state index contributed by atoms with van der Waals surface area (Å²) in [6, 6.07) is 8.16. The molecule has 1 fully saturated rings. The van der Waals surface area contributed by atoms with Crippen molar-refractivity contribution in [3.8, 4) is 0 Å². The largest absolute Gasteiger partial charge is 0.387 e. The molecule has 3 heterocycles. The number of methoxy groups -OCH3 is 2. The van der Waals surface area contributed by atoms with Crippen LogP contribution in [-0.2, 0) is 29.9 Å². The highest BCUT2D eigenvalue weighted by Crippen LogP contribution is 2.52. The van der Waals surface area contributed by atoms with E-state index < -0.39 is 57.3 Å². The Balaban J connectivity index is 1.38. The van der Waals surface area contributed by atoms with E-state index in [1.165, 1.54) is 36.2 Å². The van der Waals surface area contributed by atoms with E-state index in [9.17, 15) is 24.6 Å². The fraction of sp³-hybridized carbons (Fsp3) is 0.542. The van der Waals surface area contributed by atoms with Gasteiger partial charge in [-0.3, -0.25) is 4.57 Å². The first-order chi connectivity index (χ1) is 19.1. The van der Waals surface area contributed by atoms with E-state index in [-0.39, 0.29) is 17.0 Å². The molecule has 40 heavy (non-hydrogen) atoms. The highest BCUT2D eigenvalue weighted by Gasteiger charge is 2.52. The second kappa shape index (κ2) is 11.6. The molecular weight excluding hydrogens is 569 g/mol. The summed E-state index contributed by atoms with van der Waals surface area (Å²) >= 11 is 6.27. The summed E-state index contributed by atoms with van der Waals surface area (Å²) in [5.41, 5.74) is 2.69. The Morgan fingerprint density at radius 3 is 2.60 bits per heavy atom. The summed E-state index contributed by atoms with van der Waals surface area (Å²) in [6.45, 7) is -1.46. The van der Waals surface area contributed by atoms with Gasteiger partial charge >= 0.3 is 7.60 Å². The maximum atomic E-state index is 12.2. The lowest BCUT2D eigenvalue weighted by Gasteiger charge is -2.33. The summed E-state index contributed by atoms with van der Waals surface area (Å²) in [7, 11) is -2.38. The zero-order chi connectivity index (χ0) is 28.7. The van der Waals surface area contributed by atoms with Crippen molar-refractivity contribution in [2.24, 2.45) is 0 Å². The van der Waals surface area contributed by atoms with Gasteiger partial charge in [0.1, 0.15) is 24.1 Å². The van der Waals surface area contributed by atoms with Crippen LogP contribution in [0.25, 0.3) is 11.0 Å². The number of aliphatic hydroxyl groups is 2. The van der Waals surface area contributed by atoms with E-state index in [4.69, 9.17) is 30.5 Å². The molecule has 0 spiro atoms. The van der Waals surface area contributed by atoms with Gasteiger partial charge < -0.3 is 44.3 Å². The van der Waals surface area contributed by atoms with Crippen LogP contribution in [0.5, 0.6) is 0 Å². The van der Waals surface area contributed by atoms with Crippen molar-refractivity contribution in [3.05, 3.63) is 46.9 Å². The van der Waals surface area contributed by atoms with Crippen LogP contribution in [-0.4, -0.2) is 97.4 Å². The first-order valence-electron chi connectivity index (χ1n) is 12.5. The van der Waals surface area contributed by atoms with E-state index >= 15 is 0 Å². The molecular formula is C24H31ClN5O9P. The number of aliphatic hydroxyl groups excluding tert-OH is 2. The van der Waals surface area contributed by atoms with Crippen LogP contribution in [0.4, 0.5) is 5.82 Å². The van der Waals surface area contributed by atoms with Gasteiger partial charge in [0.05, 0.1) is 37.4 Å². The standard InChI is InChI=1S/C24H31ClN5O9P/c1-36-11-24(12-37-2,40(33,34)35)38-10-17-18(31)19(32)22(39-17)30-21-15(9-26-30)20(28-23(25)29-21)27-16-8-7-13-5-3-4-6-14(13)16/h3-6,9,16-19,22,31-32H,7-8,10-12H2,1-2H3,(H,27,28,29)(H2,33,34,35)/t16-,17-,18-,19-,22-/m1/s1. The lowest BCUT2D eigenvalue weighted by atomic mass is 10.1. The second-order valence-electron chi connectivity index (χ2n) is 9.82. The monoisotopic (exact) mass is 599 g/mol. The van der Waals surface area contributed by atoms with Crippen molar-refractivity contribution in [2.75, 3.05) is 39.4 Å². The van der Waals surface area contributed by atoms with Crippen LogP contribution in [0.2, 0.25) is 5.28 Å². The van der Waals surface area contributed by atoms with E-state index in [0.717, 1.165) is 12.8 Å². The topological polar surface area (TPSA) is 191 Å². The Hall–Kier alpha value is -2.23. The first-order valence-corrected chi connectivity index (χ1v) is 14.5. The number of rotatable bonds is 11. The Labute approximate surface area is 234 Å². The van der Waals surface area contributed by atoms with Crippen molar-refractivity contribution in [2.45, 2.75) is 48.8 Å². The lowest BCUT2D eigenvalue weighted by molar-refractivity contribution is -0.129. The number of fused-ring (bicyclic) bond motifs is 2. The number of hydrogen-bond donors (Lipinski definition) is 5. The van der Waals surface area contributed by atoms with Crippen LogP contribution in [0.1, 0.15) is 29.8 Å². The van der Waals surface area contributed by atoms with Gasteiger partial charge in [-0.05, 0) is 35.6 Å². The van der Waals surface area contributed by atoms with E-state index in [1.54, 1.807) is 0 Å². The molecule has 0 radical (unpaired) electrons. The predicted molar refractivity (Wildman–Crippen MR) is 142 cm³/mol. The van der Waals surface area contributed by atoms with Gasteiger partial charge in [0.2, 0.25) is 10.6 Å². The summed E-state index contributed by atoms with van der Waals surface area (Å²) in [4.78, 5) is 28.5. The first kappa shape index (κ1) is 29.3. The summed E-state index contributed by atoms with van der Waals surface area (Å²) in [5, 5.41) is 27.7. The van der Waals surface area contributed by atoms with Crippen LogP contribution >= 0.6 is 19.2 Å². The molecule has 5 N–H and O–H groups in total. The van der Waals surface area contributed by atoms with E-state index in [1.807, 2.05) is 12.1 Å². The molecule has 218 valence electrons. The number of ether oxygens (including phenoxy) is 4. The zero-order valence-electron chi connectivity index (χ0n) is 21.8. The van der Waals surface area contributed by atoms with Crippen LogP contribution in [0.3, 0.4) is 0 Å². The minimum atomic E-state index is -4.90. The Bertz CT molecular complexity index is 1400. The van der Waals surface area contributed by atoms with Crippen molar-refractivity contribution < 1.29 is 43.5 Å². The molecule has 3 aromatic rings. The van der Waals surface area contributed by atoms with Gasteiger partial charge in [-0.15, -0.1) is 0 Å². The minimum absolute atomic E-state index is 0.0129. The number of anilines is 1. The number of nitrogens with one attached hydrogen (secondary N) is 1. The molecule has 0 amide bonds. The quantitative estimate of drug-likeness (QED) is 0.157. The molecule has 5 rings (SSSR count). The molecule has 16 heteroatoms. The second-order valence-corrected chi connectivity index (χ2v) is 12.1. The van der Waals surface area contributed by atoms with Crippen molar-refractivity contribution in [3.63, 3.8) is 0 Å². The van der Waals surface area contributed by atoms with Crippen molar-refractivity contribution in [1.29, 1.82) is 0 Å². The molecule has 5 atom stereocenters. The third-order valence-electron chi connectivity index (χ3n) is 7.24. The fourth-order valence-corrected chi connectivity index (χ4v) is 6.20. The molecule has 2 aromatic heterocycles. The maximum Gasteiger partial charge on any atom is 0.361 e. The zero-order valence-corrected chi connectivity index (χ0v) is 23.4. The maximum absolute atomic E-state index is 12.2. The Morgan fingerprint density at radius 2 is 1.90 bits per heavy atom. The third-order valence-corrected chi connectivity index (χ3v) is 8.85. The number of aromatic nitrogens is 4. The number of nitrogens with zero attached hydrogens (tertiary/aromatic N) is 4. The number of hydrogen-bond acceptors (Lipinski definition) is 11. The summed E-state index contributed by atoms with van der Waals surface area (Å²) in [6.07, 6.45) is -2.03. The van der Waals surface area contributed by atoms with Crippen LogP contribution < -0.4 is 5.32 Å². The highest BCUT2D eigenvalue weighted by atomic mass is 35.5. The van der Waals surface area contributed by atoms with E-state index in [2.05, 4.69) is 32.5 Å².